The van der Waals surface area contributed by atoms with E-state index in [0.717, 1.165) is 14.2 Å². The molecule has 17 nitrogen and oxygen atoms in total. The standard InChI is InChI=1S/C9H14O5.C5H6N4O3.CH5N3.CH4O.CH3O.ClH.Na/c1-3-13-8(11)7(5-6-10)9(12)14-4-2;6-5-8-3(11)2(7-1-10)4(12)9-5;2-1(3)4;2*1-2;;/h6-7H,3-5H2,1-2H3;1H,(H,7,10)(H4,6,8,9,11,12);(H5,2,3,4);2H,1H3;1H3;1H;/q;;;;-1;;+1. The van der Waals surface area contributed by atoms with Crippen molar-refractivity contribution in [1.29, 1.82) is 5.41 Å². The number of rotatable bonds is 8. The number of nitrogens with two attached hydrogens (primary N) is 3. The number of halogens is 1. The Morgan fingerprint density at radius 2 is 1.56 bits per heavy atom. The zero-order valence-electron chi connectivity index (χ0n) is 20.6. The minimum Gasteiger partial charge on any atom is -0.857 e. The largest absolute Gasteiger partial charge is 1.00 e. The van der Waals surface area contributed by atoms with E-state index in [4.69, 9.17) is 26.5 Å². The van der Waals surface area contributed by atoms with E-state index < -0.39 is 29.3 Å². The summed E-state index contributed by atoms with van der Waals surface area (Å²) in [6.45, 7) is 3.60. The van der Waals surface area contributed by atoms with Gasteiger partial charge in [0.2, 0.25) is 18.2 Å². The fourth-order valence-electron chi connectivity index (χ4n) is 1.54. The molecule has 1 aromatic heterocycles. The molecule has 0 radical (unpaired) electrons. The number of aromatic nitrogens is 2. The molecule has 1 heterocycles. The quantitative estimate of drug-likeness (QED) is 0.0370. The SMILES string of the molecule is CCOC(=O)C(CC=O)C(=O)OCC.CO.C[O-].Cl.N=C(N)N.Nc1nc(O)c(NC=O)c(=O)[nH]1.[Na+]. The van der Waals surface area contributed by atoms with Gasteiger partial charge in [-0.05, 0) is 13.8 Å². The number of aliphatic hydroxyl groups excluding tert-OH is 1. The predicted octanol–water partition coefficient (Wildman–Crippen LogP) is -6.21. The number of amides is 1. The molecule has 204 valence electrons. The van der Waals surface area contributed by atoms with Crippen LogP contribution in [0.5, 0.6) is 5.88 Å². The molecule has 0 saturated carbocycles. The molecule has 1 rings (SSSR count). The Labute approximate surface area is 235 Å². The maximum atomic E-state index is 11.2. The summed E-state index contributed by atoms with van der Waals surface area (Å²) in [5.74, 6) is -3.69. The van der Waals surface area contributed by atoms with Gasteiger partial charge in [0.25, 0.3) is 5.56 Å². The van der Waals surface area contributed by atoms with Crippen molar-refractivity contribution in [2.75, 3.05) is 38.5 Å². The van der Waals surface area contributed by atoms with Crippen LogP contribution in [0.25, 0.3) is 0 Å². The Morgan fingerprint density at radius 1 is 1.17 bits per heavy atom. The van der Waals surface area contributed by atoms with Crippen molar-refractivity contribution in [2.45, 2.75) is 20.3 Å². The predicted molar refractivity (Wildman–Crippen MR) is 125 cm³/mol. The van der Waals surface area contributed by atoms with Gasteiger partial charge in [-0.15, -0.1) is 12.4 Å². The second kappa shape index (κ2) is 32.0. The number of nitrogen functional groups attached to an aromatic ring is 1. The molecule has 0 spiro atoms. The molecular formula is C17H33ClN7NaO10. The number of carbonyl (C=O) groups excluding carboxylic acids is 4. The fourth-order valence-corrected chi connectivity index (χ4v) is 1.54. The normalized spacial score (nSPS) is 7.86. The Kier molecular flexibility index (Phi) is 41.3. The maximum Gasteiger partial charge on any atom is 1.00 e. The second-order valence-electron chi connectivity index (χ2n) is 4.83. The molecule has 11 N–H and O–H groups in total. The second-order valence-corrected chi connectivity index (χ2v) is 4.83. The van der Waals surface area contributed by atoms with Gasteiger partial charge in [-0.25, -0.2) is 0 Å². The van der Waals surface area contributed by atoms with Crippen LogP contribution >= 0.6 is 12.4 Å². The number of aldehydes is 1. The average molecular weight is 554 g/mol. The molecule has 0 bridgehead atoms. The van der Waals surface area contributed by atoms with Gasteiger partial charge in [0, 0.05) is 13.5 Å². The van der Waals surface area contributed by atoms with Crippen molar-refractivity contribution >= 4 is 54.6 Å². The third-order valence-corrected chi connectivity index (χ3v) is 2.60. The number of aromatic amines is 1. The van der Waals surface area contributed by atoms with Crippen LogP contribution < -0.4 is 62.7 Å². The third-order valence-electron chi connectivity index (χ3n) is 2.60. The fraction of sp³-hybridized carbons (Fsp3) is 0.471. The molecule has 0 saturated heterocycles. The smallest absolute Gasteiger partial charge is 0.857 e. The van der Waals surface area contributed by atoms with Crippen LogP contribution in [0.2, 0.25) is 0 Å². The van der Waals surface area contributed by atoms with Gasteiger partial charge in [-0.2, -0.15) is 12.1 Å². The van der Waals surface area contributed by atoms with Crippen LogP contribution in [0.15, 0.2) is 4.79 Å². The molecular weight excluding hydrogens is 521 g/mol. The summed E-state index contributed by atoms with van der Waals surface area (Å²) in [4.78, 5) is 58.8. The van der Waals surface area contributed by atoms with Crippen molar-refractivity contribution in [3.63, 3.8) is 0 Å². The number of guanidine groups is 1. The van der Waals surface area contributed by atoms with E-state index in [1.807, 2.05) is 5.32 Å². The van der Waals surface area contributed by atoms with Gasteiger partial charge >= 0.3 is 41.5 Å². The molecule has 0 aliphatic carbocycles. The molecule has 36 heavy (non-hydrogen) atoms. The van der Waals surface area contributed by atoms with Crippen molar-refractivity contribution in [3.05, 3.63) is 10.4 Å². The zero-order chi connectivity index (χ0) is 27.7. The van der Waals surface area contributed by atoms with E-state index in [1.165, 1.54) is 0 Å². The van der Waals surface area contributed by atoms with Gasteiger partial charge in [-0.3, -0.25) is 29.6 Å². The summed E-state index contributed by atoms with van der Waals surface area (Å²) < 4.78 is 9.25. The molecule has 1 aromatic rings. The average Bonchev–Trinajstić information content (AvgIpc) is 2.77. The molecule has 0 aliphatic rings. The number of nitrogens with zero attached hydrogens (tertiary/aromatic N) is 1. The number of H-pyrrole nitrogens is 1. The number of aliphatic hydroxyl groups is 1. The molecule has 0 aromatic carbocycles. The Morgan fingerprint density at radius 3 is 1.83 bits per heavy atom. The first kappa shape index (κ1) is 46.4. The number of hydrogen-bond acceptors (Lipinski definition) is 13. The number of esters is 2. The van der Waals surface area contributed by atoms with Gasteiger partial charge in [0.15, 0.2) is 17.6 Å². The number of ether oxygens (including phenoxy) is 2. The van der Waals surface area contributed by atoms with Crippen molar-refractivity contribution in [3.8, 4) is 5.88 Å². The van der Waals surface area contributed by atoms with Crippen LogP contribution in [0, 0.1) is 11.3 Å². The van der Waals surface area contributed by atoms with Crippen LogP contribution in [0.1, 0.15) is 20.3 Å². The van der Waals surface area contributed by atoms with Crippen molar-refractivity contribution in [1.82, 2.24) is 9.97 Å². The van der Waals surface area contributed by atoms with Crippen LogP contribution in [-0.2, 0) is 28.7 Å². The van der Waals surface area contributed by atoms with E-state index in [2.05, 4.69) is 30.9 Å². The number of hydrogen-bond donors (Lipinski definition) is 8. The molecule has 1 amide bonds. The molecule has 0 atom stereocenters. The number of nitrogens with one attached hydrogen (secondary N) is 3. The van der Waals surface area contributed by atoms with Crippen LogP contribution in [0.3, 0.4) is 0 Å². The van der Waals surface area contributed by atoms with E-state index in [1.54, 1.807) is 13.8 Å². The topological polar surface area (TPSA) is 310 Å². The summed E-state index contributed by atoms with van der Waals surface area (Å²) in [7, 11) is 1.75. The molecule has 19 heteroatoms. The van der Waals surface area contributed by atoms with Gasteiger partial charge in [-0.1, -0.05) is 0 Å². The third kappa shape index (κ3) is 25.7. The first-order valence-corrected chi connectivity index (χ1v) is 9.06. The number of aromatic hydroxyl groups is 1. The Hall–Kier alpha value is -2.96. The summed E-state index contributed by atoms with van der Waals surface area (Å²) in [6, 6.07) is 0. The first-order valence-electron chi connectivity index (χ1n) is 9.06. The summed E-state index contributed by atoms with van der Waals surface area (Å²) in [6.07, 6.45) is 0.554. The van der Waals surface area contributed by atoms with E-state index in [-0.39, 0.29) is 85.6 Å². The zero-order valence-corrected chi connectivity index (χ0v) is 23.4. The summed E-state index contributed by atoms with van der Waals surface area (Å²) >= 11 is 0. The summed E-state index contributed by atoms with van der Waals surface area (Å²) in [5, 5.41) is 32.3. The monoisotopic (exact) mass is 553 g/mol. The van der Waals surface area contributed by atoms with Crippen LogP contribution in [0.4, 0.5) is 11.6 Å². The maximum absolute atomic E-state index is 11.2. The van der Waals surface area contributed by atoms with Gasteiger partial charge in [0.1, 0.15) is 6.29 Å². The van der Waals surface area contributed by atoms with Gasteiger partial charge in [0.05, 0.1) is 13.2 Å². The van der Waals surface area contributed by atoms with Crippen molar-refractivity contribution in [2.24, 2.45) is 17.4 Å². The molecule has 0 unspecified atom stereocenters. The number of carbonyl (C=O) groups is 4. The van der Waals surface area contributed by atoms with Crippen LogP contribution in [-0.4, -0.2) is 78.2 Å². The molecule has 0 aliphatic heterocycles. The van der Waals surface area contributed by atoms with E-state index >= 15 is 0 Å². The Bertz CT molecular complexity index is 778. The minimum atomic E-state index is -1.12. The van der Waals surface area contributed by atoms with Gasteiger partial charge < -0.3 is 52.1 Å². The van der Waals surface area contributed by atoms with E-state index in [9.17, 15) is 24.0 Å². The number of anilines is 2. The molecule has 0 fully saturated rings. The van der Waals surface area contributed by atoms with E-state index in [0.29, 0.717) is 6.29 Å². The first-order chi connectivity index (χ1) is 16.0. The van der Waals surface area contributed by atoms with Crippen molar-refractivity contribution < 1.29 is 73.5 Å². The summed E-state index contributed by atoms with van der Waals surface area (Å²) in [5.41, 5.74) is 13.0. The minimum absolute atomic E-state index is 0. The Balaban J connectivity index is -0.0000000933.